The number of hydrogen-bond acceptors (Lipinski definition) is 2. The fourth-order valence-electron chi connectivity index (χ4n) is 3.91. The maximum absolute atomic E-state index is 13.6. The Bertz CT molecular complexity index is 520. The Morgan fingerprint density at radius 2 is 1.83 bits per heavy atom. The Balaban J connectivity index is 1.40. The van der Waals surface area contributed by atoms with Gasteiger partial charge in [-0.25, -0.2) is 4.39 Å². The highest BCUT2D eigenvalue weighted by Crippen LogP contribution is 2.26. The molecule has 0 spiro atoms. The van der Waals surface area contributed by atoms with Crippen molar-refractivity contribution in [1.82, 2.24) is 10.2 Å². The van der Waals surface area contributed by atoms with E-state index in [4.69, 9.17) is 0 Å². The molecule has 0 atom stereocenters. The van der Waals surface area contributed by atoms with Gasteiger partial charge in [0.05, 0.1) is 6.42 Å². The number of carbonyl (C=O) groups excluding carboxylic acids is 1. The highest BCUT2D eigenvalue weighted by Gasteiger charge is 2.24. The number of benzene rings is 1. The van der Waals surface area contributed by atoms with E-state index in [1.165, 1.54) is 38.3 Å². The van der Waals surface area contributed by atoms with Gasteiger partial charge in [0.25, 0.3) is 0 Å². The molecule has 1 N–H and O–H groups in total. The minimum absolute atomic E-state index is 0.0654. The molecule has 1 saturated heterocycles. The van der Waals surface area contributed by atoms with E-state index in [0.717, 1.165) is 31.8 Å². The monoisotopic (exact) mass is 318 g/mol. The topological polar surface area (TPSA) is 32.3 Å². The molecule has 2 fully saturated rings. The highest BCUT2D eigenvalue weighted by atomic mass is 19.1. The second-order valence-corrected chi connectivity index (χ2v) is 7.06. The first-order valence-corrected chi connectivity index (χ1v) is 8.96. The zero-order valence-corrected chi connectivity index (χ0v) is 13.8. The summed E-state index contributed by atoms with van der Waals surface area (Å²) in [7, 11) is 0. The lowest BCUT2D eigenvalue weighted by Gasteiger charge is -2.33. The van der Waals surface area contributed by atoms with Gasteiger partial charge in [0.2, 0.25) is 5.91 Å². The number of nitrogens with one attached hydrogen (secondary N) is 1. The maximum atomic E-state index is 13.6. The standard InChI is InChI=1S/C19H27FN2O/c20-18-8-4-3-7-16(18)13-19(23)21-17-9-11-22(12-10-17)14-15-5-1-2-6-15/h3-4,7-8,15,17H,1-2,5-6,9-14H2,(H,21,23). The second kappa shape index (κ2) is 7.91. The van der Waals surface area contributed by atoms with Gasteiger partial charge in [-0.3, -0.25) is 4.79 Å². The SMILES string of the molecule is O=C(Cc1ccccc1F)NC1CCN(CC2CCCC2)CC1. The molecule has 0 unspecified atom stereocenters. The second-order valence-electron chi connectivity index (χ2n) is 7.06. The first kappa shape index (κ1) is 16.4. The van der Waals surface area contributed by atoms with Crippen molar-refractivity contribution in [2.75, 3.05) is 19.6 Å². The molecule has 1 saturated carbocycles. The van der Waals surface area contributed by atoms with Crippen LogP contribution >= 0.6 is 0 Å². The van der Waals surface area contributed by atoms with Crippen molar-refractivity contribution >= 4 is 5.91 Å². The summed E-state index contributed by atoms with van der Waals surface area (Å²) in [6, 6.07) is 6.75. The van der Waals surface area contributed by atoms with Crippen LogP contribution in [-0.2, 0) is 11.2 Å². The predicted octanol–water partition coefficient (Wildman–Crippen LogP) is 3.14. The number of amides is 1. The van der Waals surface area contributed by atoms with Crippen LogP contribution in [0.3, 0.4) is 0 Å². The van der Waals surface area contributed by atoms with E-state index in [1.807, 2.05) is 0 Å². The fourth-order valence-corrected chi connectivity index (χ4v) is 3.91. The third-order valence-electron chi connectivity index (χ3n) is 5.25. The van der Waals surface area contributed by atoms with Gasteiger partial charge in [-0.05, 0) is 43.2 Å². The van der Waals surface area contributed by atoms with Crippen LogP contribution in [0.25, 0.3) is 0 Å². The van der Waals surface area contributed by atoms with Crippen LogP contribution in [0.2, 0.25) is 0 Å². The molecule has 3 rings (SSSR count). The first-order valence-electron chi connectivity index (χ1n) is 8.96. The Morgan fingerprint density at radius 1 is 1.13 bits per heavy atom. The molecule has 23 heavy (non-hydrogen) atoms. The zero-order chi connectivity index (χ0) is 16.1. The number of hydrogen-bond donors (Lipinski definition) is 1. The Morgan fingerprint density at radius 3 is 2.52 bits per heavy atom. The summed E-state index contributed by atoms with van der Waals surface area (Å²) >= 11 is 0. The third-order valence-corrected chi connectivity index (χ3v) is 5.25. The molecule has 126 valence electrons. The summed E-state index contributed by atoms with van der Waals surface area (Å²) in [5, 5.41) is 3.08. The lowest BCUT2D eigenvalue weighted by Crippen LogP contribution is -2.46. The lowest BCUT2D eigenvalue weighted by molar-refractivity contribution is -0.121. The Labute approximate surface area is 138 Å². The van der Waals surface area contributed by atoms with Crippen LogP contribution in [-0.4, -0.2) is 36.5 Å². The summed E-state index contributed by atoms with van der Waals surface area (Å²) < 4.78 is 13.6. The normalized spacial score (nSPS) is 20.7. The van der Waals surface area contributed by atoms with Crippen molar-refractivity contribution in [3.63, 3.8) is 0 Å². The van der Waals surface area contributed by atoms with Gasteiger partial charge in [0.15, 0.2) is 0 Å². The molecule has 1 aromatic rings. The van der Waals surface area contributed by atoms with Gasteiger partial charge in [0, 0.05) is 25.7 Å². The predicted molar refractivity (Wildman–Crippen MR) is 89.7 cm³/mol. The van der Waals surface area contributed by atoms with Gasteiger partial charge >= 0.3 is 0 Å². The summed E-state index contributed by atoms with van der Waals surface area (Å²) in [5.74, 6) is 0.528. The molecule has 3 nitrogen and oxygen atoms in total. The highest BCUT2D eigenvalue weighted by molar-refractivity contribution is 5.78. The average molecular weight is 318 g/mol. The van der Waals surface area contributed by atoms with Crippen molar-refractivity contribution in [1.29, 1.82) is 0 Å². The van der Waals surface area contributed by atoms with E-state index in [2.05, 4.69) is 10.2 Å². The summed E-state index contributed by atoms with van der Waals surface area (Å²) in [6.45, 7) is 3.37. The van der Waals surface area contributed by atoms with Crippen LogP contribution < -0.4 is 5.32 Å². The van der Waals surface area contributed by atoms with Crippen molar-refractivity contribution < 1.29 is 9.18 Å². The minimum Gasteiger partial charge on any atom is -0.353 e. The first-order chi connectivity index (χ1) is 11.2. The molecule has 0 radical (unpaired) electrons. The van der Waals surface area contributed by atoms with E-state index in [1.54, 1.807) is 18.2 Å². The van der Waals surface area contributed by atoms with Crippen molar-refractivity contribution in [3.8, 4) is 0 Å². The van der Waals surface area contributed by atoms with E-state index >= 15 is 0 Å². The van der Waals surface area contributed by atoms with Crippen molar-refractivity contribution in [2.45, 2.75) is 51.0 Å². The zero-order valence-electron chi connectivity index (χ0n) is 13.8. The number of nitrogens with zero attached hydrogens (tertiary/aromatic N) is 1. The number of carbonyl (C=O) groups is 1. The summed E-state index contributed by atoms with van der Waals surface area (Å²) in [4.78, 5) is 14.7. The van der Waals surface area contributed by atoms with Crippen LogP contribution in [0.15, 0.2) is 24.3 Å². The molecule has 1 aliphatic heterocycles. The van der Waals surface area contributed by atoms with Gasteiger partial charge in [0.1, 0.15) is 5.82 Å². The van der Waals surface area contributed by atoms with Crippen LogP contribution in [0.5, 0.6) is 0 Å². The third kappa shape index (κ3) is 4.77. The number of piperidine rings is 1. The lowest BCUT2D eigenvalue weighted by atomic mass is 10.0. The number of likely N-dealkylation sites (tertiary alicyclic amines) is 1. The van der Waals surface area contributed by atoms with Crippen molar-refractivity contribution in [3.05, 3.63) is 35.6 Å². The maximum Gasteiger partial charge on any atom is 0.224 e. The van der Waals surface area contributed by atoms with Gasteiger partial charge in [-0.15, -0.1) is 0 Å². The Hall–Kier alpha value is -1.42. The molecule has 2 aliphatic rings. The fraction of sp³-hybridized carbons (Fsp3) is 0.632. The van der Waals surface area contributed by atoms with Crippen LogP contribution in [0.4, 0.5) is 4.39 Å². The molecular formula is C19H27FN2O. The van der Waals surface area contributed by atoms with Crippen LogP contribution in [0, 0.1) is 11.7 Å². The van der Waals surface area contributed by atoms with Crippen molar-refractivity contribution in [2.24, 2.45) is 5.92 Å². The summed E-state index contributed by atoms with van der Waals surface area (Å²) in [5.41, 5.74) is 0.476. The molecular weight excluding hydrogens is 291 g/mol. The largest absolute Gasteiger partial charge is 0.353 e. The van der Waals surface area contributed by atoms with E-state index < -0.39 is 0 Å². The molecule has 1 amide bonds. The smallest absolute Gasteiger partial charge is 0.224 e. The number of rotatable bonds is 5. The number of halogens is 1. The molecule has 0 aromatic heterocycles. The molecule has 1 heterocycles. The molecule has 1 aliphatic carbocycles. The van der Waals surface area contributed by atoms with Crippen LogP contribution in [0.1, 0.15) is 44.1 Å². The van der Waals surface area contributed by atoms with Gasteiger partial charge < -0.3 is 10.2 Å². The van der Waals surface area contributed by atoms with Gasteiger partial charge in [-0.1, -0.05) is 31.0 Å². The minimum atomic E-state index is -0.297. The Kier molecular flexibility index (Phi) is 5.65. The molecule has 4 heteroatoms. The van der Waals surface area contributed by atoms with E-state index in [0.29, 0.717) is 5.56 Å². The molecule has 1 aromatic carbocycles. The van der Waals surface area contributed by atoms with Gasteiger partial charge in [-0.2, -0.15) is 0 Å². The summed E-state index contributed by atoms with van der Waals surface area (Å²) in [6.07, 6.45) is 7.72. The van der Waals surface area contributed by atoms with E-state index in [-0.39, 0.29) is 24.2 Å². The molecule has 0 bridgehead atoms. The quantitative estimate of drug-likeness (QED) is 0.904. The van der Waals surface area contributed by atoms with E-state index in [9.17, 15) is 9.18 Å². The average Bonchev–Trinajstić information content (AvgIpc) is 3.04.